The molecule has 0 N–H and O–H groups in total. The predicted molar refractivity (Wildman–Crippen MR) is 47.7 cm³/mol. The van der Waals surface area contributed by atoms with Gasteiger partial charge in [-0.05, 0) is 18.6 Å². The van der Waals surface area contributed by atoms with E-state index in [9.17, 15) is 8.78 Å². The third-order valence-corrected chi connectivity index (χ3v) is 1.82. The van der Waals surface area contributed by atoms with E-state index >= 15 is 0 Å². The van der Waals surface area contributed by atoms with Crippen LogP contribution >= 0.6 is 11.6 Å². The number of ether oxygens (including phenoxy) is 1. The Morgan fingerprint density at radius 3 is 2.69 bits per heavy atom. The van der Waals surface area contributed by atoms with Gasteiger partial charge in [0.1, 0.15) is 12.4 Å². The average molecular weight is 207 g/mol. The highest BCUT2D eigenvalue weighted by Gasteiger charge is 2.08. The normalized spacial score (nSPS) is 10.5. The summed E-state index contributed by atoms with van der Waals surface area (Å²) in [4.78, 5) is 0. The standard InChI is InChI=1S/C9H9ClF2O/c1-6-3-2-4-7(10)9(6)13-5-8(11)12/h2-4,8H,5H2,1H3. The summed E-state index contributed by atoms with van der Waals surface area (Å²) in [5.74, 6) is 0.337. The van der Waals surface area contributed by atoms with Crippen molar-refractivity contribution in [3.63, 3.8) is 0 Å². The molecule has 0 fully saturated rings. The lowest BCUT2D eigenvalue weighted by molar-refractivity contribution is 0.0816. The van der Waals surface area contributed by atoms with Crippen LogP contribution in [-0.4, -0.2) is 13.0 Å². The molecule has 0 aliphatic heterocycles. The van der Waals surface area contributed by atoms with Crippen molar-refractivity contribution in [2.75, 3.05) is 6.61 Å². The van der Waals surface area contributed by atoms with E-state index in [4.69, 9.17) is 16.3 Å². The Bertz CT molecular complexity index is 269. The number of alkyl halides is 2. The number of rotatable bonds is 3. The SMILES string of the molecule is Cc1cccc(Cl)c1OCC(F)F. The van der Waals surface area contributed by atoms with Crippen LogP contribution in [0.25, 0.3) is 0 Å². The Hall–Kier alpha value is -0.830. The van der Waals surface area contributed by atoms with Gasteiger partial charge in [0.25, 0.3) is 6.43 Å². The van der Waals surface area contributed by atoms with E-state index in [0.29, 0.717) is 10.8 Å². The van der Waals surface area contributed by atoms with E-state index in [0.717, 1.165) is 5.56 Å². The van der Waals surface area contributed by atoms with Gasteiger partial charge in [-0.1, -0.05) is 23.7 Å². The van der Waals surface area contributed by atoms with E-state index in [1.165, 1.54) is 0 Å². The Balaban J connectivity index is 2.75. The van der Waals surface area contributed by atoms with E-state index in [1.807, 2.05) is 0 Å². The molecule has 0 bridgehead atoms. The highest BCUT2D eigenvalue weighted by Crippen LogP contribution is 2.27. The molecule has 0 heterocycles. The van der Waals surface area contributed by atoms with Gasteiger partial charge >= 0.3 is 0 Å². The van der Waals surface area contributed by atoms with Crippen LogP contribution in [0.4, 0.5) is 8.78 Å². The second-order valence-corrected chi connectivity index (χ2v) is 3.00. The number of aryl methyl sites for hydroxylation is 1. The van der Waals surface area contributed by atoms with Crippen LogP contribution in [0, 0.1) is 6.92 Å². The summed E-state index contributed by atoms with van der Waals surface area (Å²) < 4.78 is 28.5. The Morgan fingerprint density at radius 2 is 2.15 bits per heavy atom. The number of halogens is 3. The van der Waals surface area contributed by atoms with Crippen LogP contribution in [0.1, 0.15) is 5.56 Å². The van der Waals surface area contributed by atoms with Gasteiger partial charge in [-0.15, -0.1) is 0 Å². The van der Waals surface area contributed by atoms with Crippen molar-refractivity contribution in [3.05, 3.63) is 28.8 Å². The van der Waals surface area contributed by atoms with Crippen molar-refractivity contribution >= 4 is 11.6 Å². The Labute approximate surface area is 80.3 Å². The van der Waals surface area contributed by atoms with Crippen molar-refractivity contribution in [2.45, 2.75) is 13.3 Å². The van der Waals surface area contributed by atoms with Crippen molar-refractivity contribution in [3.8, 4) is 5.75 Å². The number of hydrogen-bond donors (Lipinski definition) is 0. The molecule has 0 saturated carbocycles. The maximum Gasteiger partial charge on any atom is 0.272 e. The van der Waals surface area contributed by atoms with Crippen LogP contribution in [0.2, 0.25) is 5.02 Å². The second kappa shape index (κ2) is 4.42. The zero-order chi connectivity index (χ0) is 9.84. The monoisotopic (exact) mass is 206 g/mol. The fourth-order valence-corrected chi connectivity index (χ4v) is 1.22. The van der Waals surface area contributed by atoms with Crippen LogP contribution in [0.5, 0.6) is 5.75 Å². The maximum atomic E-state index is 11.8. The lowest BCUT2D eigenvalue weighted by atomic mass is 10.2. The van der Waals surface area contributed by atoms with E-state index in [2.05, 4.69) is 0 Å². The highest BCUT2D eigenvalue weighted by atomic mass is 35.5. The minimum atomic E-state index is -2.48. The van der Waals surface area contributed by atoms with E-state index < -0.39 is 13.0 Å². The van der Waals surface area contributed by atoms with Gasteiger partial charge in [0.15, 0.2) is 0 Å². The average Bonchev–Trinajstić information content (AvgIpc) is 2.03. The van der Waals surface area contributed by atoms with Gasteiger partial charge < -0.3 is 4.74 Å². The molecule has 1 nitrogen and oxygen atoms in total. The molecule has 13 heavy (non-hydrogen) atoms. The number of para-hydroxylation sites is 1. The third kappa shape index (κ3) is 2.84. The molecular formula is C9H9ClF2O. The van der Waals surface area contributed by atoms with Crippen LogP contribution in [0.15, 0.2) is 18.2 Å². The van der Waals surface area contributed by atoms with Gasteiger partial charge in [0.2, 0.25) is 0 Å². The van der Waals surface area contributed by atoms with E-state index in [1.54, 1.807) is 25.1 Å². The zero-order valence-corrected chi connectivity index (χ0v) is 7.81. The summed E-state index contributed by atoms with van der Waals surface area (Å²) in [5, 5.41) is 0.362. The van der Waals surface area contributed by atoms with Gasteiger partial charge in [0.05, 0.1) is 5.02 Å². The molecule has 1 aromatic rings. The lowest BCUT2D eigenvalue weighted by Gasteiger charge is -2.09. The molecule has 0 spiro atoms. The third-order valence-electron chi connectivity index (χ3n) is 1.52. The minimum absolute atomic E-state index is 0.337. The molecule has 0 atom stereocenters. The quantitative estimate of drug-likeness (QED) is 0.738. The molecule has 0 amide bonds. The number of benzene rings is 1. The van der Waals surface area contributed by atoms with Gasteiger partial charge in [-0.3, -0.25) is 0 Å². The van der Waals surface area contributed by atoms with E-state index in [-0.39, 0.29) is 0 Å². The van der Waals surface area contributed by atoms with Gasteiger partial charge in [-0.25, -0.2) is 8.78 Å². The molecule has 72 valence electrons. The Morgan fingerprint density at radius 1 is 1.46 bits per heavy atom. The van der Waals surface area contributed by atoms with Crippen LogP contribution in [0.3, 0.4) is 0 Å². The molecule has 0 aliphatic carbocycles. The first-order valence-corrected chi connectivity index (χ1v) is 4.15. The topological polar surface area (TPSA) is 9.23 Å². The first-order valence-electron chi connectivity index (χ1n) is 3.77. The second-order valence-electron chi connectivity index (χ2n) is 2.59. The van der Waals surface area contributed by atoms with Crippen molar-refractivity contribution in [2.24, 2.45) is 0 Å². The van der Waals surface area contributed by atoms with Crippen molar-refractivity contribution < 1.29 is 13.5 Å². The summed E-state index contributed by atoms with van der Waals surface area (Å²) in [5.41, 5.74) is 0.758. The summed E-state index contributed by atoms with van der Waals surface area (Å²) in [6, 6.07) is 5.11. The van der Waals surface area contributed by atoms with Gasteiger partial charge in [-0.2, -0.15) is 0 Å². The van der Waals surface area contributed by atoms with Crippen LogP contribution < -0.4 is 4.74 Å². The number of hydrogen-bond acceptors (Lipinski definition) is 1. The molecule has 1 rings (SSSR count). The van der Waals surface area contributed by atoms with Crippen LogP contribution in [-0.2, 0) is 0 Å². The summed E-state index contributed by atoms with van der Waals surface area (Å²) >= 11 is 5.74. The molecular weight excluding hydrogens is 198 g/mol. The van der Waals surface area contributed by atoms with Gasteiger partial charge in [0, 0.05) is 0 Å². The maximum absolute atomic E-state index is 11.8. The molecule has 0 aliphatic rings. The predicted octanol–water partition coefficient (Wildman–Crippen LogP) is 3.29. The molecule has 0 radical (unpaired) electrons. The van der Waals surface area contributed by atoms with Crippen molar-refractivity contribution in [1.82, 2.24) is 0 Å². The first-order chi connectivity index (χ1) is 6.11. The fraction of sp³-hybridized carbons (Fsp3) is 0.333. The Kier molecular flexibility index (Phi) is 3.48. The zero-order valence-electron chi connectivity index (χ0n) is 7.06. The summed E-state index contributed by atoms with van der Waals surface area (Å²) in [6.07, 6.45) is -2.48. The largest absolute Gasteiger partial charge is 0.486 e. The minimum Gasteiger partial charge on any atom is -0.486 e. The fourth-order valence-electron chi connectivity index (χ4n) is 0.946. The molecule has 4 heteroatoms. The smallest absolute Gasteiger partial charge is 0.272 e. The molecule has 0 saturated heterocycles. The lowest BCUT2D eigenvalue weighted by Crippen LogP contribution is -2.08. The molecule has 0 unspecified atom stereocenters. The summed E-state index contributed by atoms with van der Waals surface area (Å²) in [7, 11) is 0. The molecule has 1 aromatic carbocycles. The summed E-state index contributed by atoms with van der Waals surface area (Å²) in [6.45, 7) is 1.14. The molecule has 0 aromatic heterocycles. The van der Waals surface area contributed by atoms with Crippen molar-refractivity contribution in [1.29, 1.82) is 0 Å². The highest BCUT2D eigenvalue weighted by molar-refractivity contribution is 6.32. The first kappa shape index (κ1) is 10.3.